The van der Waals surface area contributed by atoms with Crippen LogP contribution in [-0.2, 0) is 29.1 Å². The third kappa shape index (κ3) is 7.74. The van der Waals surface area contributed by atoms with Crippen molar-refractivity contribution >= 4 is 38.7 Å². The van der Waals surface area contributed by atoms with Crippen LogP contribution in [0.4, 0.5) is 18.0 Å². The van der Waals surface area contributed by atoms with Crippen LogP contribution in [0.1, 0.15) is 72.6 Å². The zero-order valence-corrected chi connectivity index (χ0v) is 33.2. The first-order valence-electron chi connectivity index (χ1n) is 19.2. The predicted octanol–water partition coefficient (Wildman–Crippen LogP) is 4.79. The zero-order valence-electron chi connectivity index (χ0n) is 32.4. The van der Waals surface area contributed by atoms with Gasteiger partial charge in [-0.15, -0.1) is 0 Å². The molecule has 5 aliphatic rings. The van der Waals surface area contributed by atoms with Gasteiger partial charge < -0.3 is 34.5 Å². The maximum Gasteiger partial charge on any atom is 0.427 e. The maximum absolute atomic E-state index is 14.7. The summed E-state index contributed by atoms with van der Waals surface area (Å²) in [5, 5.41) is 6.91. The van der Waals surface area contributed by atoms with E-state index in [9.17, 15) is 36.0 Å². The third-order valence-corrected chi connectivity index (χ3v) is 14.0. The summed E-state index contributed by atoms with van der Waals surface area (Å²) in [6, 6.07) is 5.22. The van der Waals surface area contributed by atoms with E-state index < -0.39 is 86.3 Å². The SMILES string of the molecule is CC[C@@H]1O[C@@H]2C=C([C@H]1NC(=O)OC(C)(C)C(F)(F)F)N1C[C@H](Oc3ncc(OC)c4ccccc34)C[C@H]1C(=O)N[C@]1(C(=O)NS(=O)(=O)C3(C)CC3)C[C@H]1/C=C\CC2. The molecule has 2 aliphatic carbocycles. The summed E-state index contributed by atoms with van der Waals surface area (Å²) in [5.74, 6) is -1.14. The predicted molar refractivity (Wildman–Crippen MR) is 200 cm³/mol. The number of aromatic nitrogens is 1. The van der Waals surface area contributed by atoms with E-state index in [1.54, 1.807) is 24.0 Å². The van der Waals surface area contributed by atoms with Gasteiger partial charge in [0.1, 0.15) is 23.4 Å². The van der Waals surface area contributed by atoms with Gasteiger partial charge in [-0.05, 0) is 71.4 Å². The highest BCUT2D eigenvalue weighted by Crippen LogP contribution is 2.48. The Bertz CT molecular complexity index is 2110. The summed E-state index contributed by atoms with van der Waals surface area (Å²) < 4.78 is 92.2. The molecular formula is C39H48F3N5O9S. The van der Waals surface area contributed by atoms with E-state index in [0.29, 0.717) is 48.9 Å². The maximum atomic E-state index is 14.7. The van der Waals surface area contributed by atoms with Gasteiger partial charge in [0.2, 0.25) is 27.4 Å². The zero-order chi connectivity index (χ0) is 41.1. The van der Waals surface area contributed by atoms with Crippen molar-refractivity contribution in [3.8, 4) is 11.6 Å². The molecule has 14 nitrogen and oxygen atoms in total. The molecule has 3 N–H and O–H groups in total. The number of halogens is 3. The molecule has 1 aromatic carbocycles. The normalized spacial score (nSPS) is 30.1. The van der Waals surface area contributed by atoms with Gasteiger partial charge in [0.25, 0.3) is 5.91 Å². The van der Waals surface area contributed by atoms with E-state index in [4.69, 9.17) is 18.9 Å². The van der Waals surface area contributed by atoms with E-state index in [1.165, 1.54) is 13.3 Å². The molecule has 3 amide bonds. The number of pyridine rings is 1. The number of nitrogens with one attached hydrogen (secondary N) is 3. The van der Waals surface area contributed by atoms with E-state index in [1.807, 2.05) is 37.3 Å². The number of carbonyl (C=O) groups is 3. The highest BCUT2D eigenvalue weighted by atomic mass is 32.2. The number of hydrogen-bond donors (Lipinski definition) is 3. The fraction of sp³-hybridized carbons (Fsp3) is 0.590. The van der Waals surface area contributed by atoms with Crippen molar-refractivity contribution in [3.63, 3.8) is 0 Å². The average molecular weight is 820 g/mol. The highest BCUT2D eigenvalue weighted by Gasteiger charge is 2.63. The molecule has 0 spiro atoms. The molecule has 0 unspecified atom stereocenters. The molecule has 57 heavy (non-hydrogen) atoms. The Morgan fingerprint density at radius 2 is 1.88 bits per heavy atom. The molecule has 0 radical (unpaired) electrons. The van der Waals surface area contributed by atoms with Gasteiger partial charge in [-0.2, -0.15) is 13.2 Å². The smallest absolute Gasteiger partial charge is 0.427 e. The van der Waals surface area contributed by atoms with Crippen LogP contribution < -0.4 is 24.8 Å². The number of allylic oxidation sites excluding steroid dienone is 1. The van der Waals surface area contributed by atoms with Gasteiger partial charge in [-0.3, -0.25) is 14.3 Å². The second-order valence-corrected chi connectivity index (χ2v) is 18.4. The average Bonchev–Trinajstić information content (AvgIpc) is 4.03. The molecule has 7 atom stereocenters. The van der Waals surface area contributed by atoms with Crippen LogP contribution in [0.15, 0.2) is 54.4 Å². The number of alkyl halides is 3. The second-order valence-electron chi connectivity index (χ2n) is 16.2. The molecule has 310 valence electrons. The number of hydrogen-bond acceptors (Lipinski definition) is 11. The minimum Gasteiger partial charge on any atom is -0.494 e. The van der Waals surface area contributed by atoms with Crippen molar-refractivity contribution in [1.82, 2.24) is 25.2 Å². The minimum atomic E-state index is -4.86. The molecule has 3 fully saturated rings. The lowest BCUT2D eigenvalue weighted by molar-refractivity contribution is -0.244. The van der Waals surface area contributed by atoms with Crippen LogP contribution in [0.5, 0.6) is 11.6 Å². The molecule has 1 aromatic heterocycles. The highest BCUT2D eigenvalue weighted by molar-refractivity contribution is 7.91. The van der Waals surface area contributed by atoms with E-state index in [0.717, 1.165) is 19.2 Å². The largest absolute Gasteiger partial charge is 0.494 e. The van der Waals surface area contributed by atoms with Gasteiger partial charge in [0.15, 0.2) is 0 Å². The Morgan fingerprint density at radius 3 is 2.54 bits per heavy atom. The Labute approximate surface area is 328 Å². The Morgan fingerprint density at radius 1 is 1.16 bits per heavy atom. The molecule has 2 saturated carbocycles. The quantitative estimate of drug-likeness (QED) is 0.297. The molecule has 3 aliphatic heterocycles. The number of ether oxygens (including phenoxy) is 4. The number of carbonyl (C=O) groups excluding carboxylic acids is 3. The number of fused-ring (bicyclic) bond motifs is 5. The van der Waals surface area contributed by atoms with E-state index >= 15 is 0 Å². The standard InChI is InChI=1S/C39H48F3N5O9S/c1-6-29-31(44-35(50)56-36(2,3)39(40,41)42)27-17-23(54-29)12-8-7-11-22-19-38(22,34(49)46-57(51,52)37(4)15-16-37)45-32(48)28-18-24(21-47(27)28)55-33-26-14-10-9-13-25(26)30(53-5)20-43-33/h7,9-11,13-14,17,20,22-24,28-29,31H,6,8,12,15-16,18-19,21H2,1-5H3,(H,44,50)(H,45,48)(H,46,49)/b11-7-/t22-,23+,24-,28+,29+,31-,38-/m1/s1. The van der Waals surface area contributed by atoms with Crippen LogP contribution in [0, 0.1) is 5.92 Å². The number of amides is 3. The van der Waals surface area contributed by atoms with Crippen LogP contribution in [0.25, 0.3) is 10.8 Å². The van der Waals surface area contributed by atoms with Crippen molar-refractivity contribution in [1.29, 1.82) is 0 Å². The number of sulfonamides is 1. The Balaban J connectivity index is 1.25. The molecule has 4 heterocycles. The molecule has 1 saturated heterocycles. The van der Waals surface area contributed by atoms with Crippen molar-refractivity contribution in [2.24, 2.45) is 5.92 Å². The Hall–Kier alpha value is -4.58. The van der Waals surface area contributed by atoms with Crippen molar-refractivity contribution in [2.75, 3.05) is 13.7 Å². The van der Waals surface area contributed by atoms with Crippen LogP contribution in [0.2, 0.25) is 0 Å². The summed E-state index contributed by atoms with van der Waals surface area (Å²) >= 11 is 0. The number of benzene rings is 1. The molecular weight excluding hydrogens is 772 g/mol. The topological polar surface area (TPSA) is 174 Å². The molecule has 7 rings (SSSR count). The fourth-order valence-corrected chi connectivity index (χ4v) is 9.07. The summed E-state index contributed by atoms with van der Waals surface area (Å²) in [6.07, 6.45) is 1.08. The summed E-state index contributed by atoms with van der Waals surface area (Å²) in [4.78, 5) is 48.1. The van der Waals surface area contributed by atoms with Crippen molar-refractivity contribution in [2.45, 2.75) is 125 Å². The summed E-state index contributed by atoms with van der Waals surface area (Å²) in [6.45, 7) is 4.92. The summed E-state index contributed by atoms with van der Waals surface area (Å²) in [7, 11) is -2.51. The lowest BCUT2D eigenvalue weighted by atomic mass is 9.96. The lowest BCUT2D eigenvalue weighted by Crippen LogP contribution is -2.59. The molecule has 18 heteroatoms. The number of methoxy groups -OCH3 is 1. The first kappa shape index (κ1) is 40.6. The number of alkyl carbamates (subject to hydrolysis) is 1. The van der Waals surface area contributed by atoms with Gasteiger partial charge >= 0.3 is 12.3 Å². The lowest BCUT2D eigenvalue weighted by Gasteiger charge is -2.42. The monoisotopic (exact) mass is 819 g/mol. The number of nitrogens with zero attached hydrogens (tertiary/aromatic N) is 2. The van der Waals surface area contributed by atoms with Gasteiger partial charge in [-0.25, -0.2) is 18.2 Å². The first-order valence-corrected chi connectivity index (χ1v) is 20.6. The van der Waals surface area contributed by atoms with Crippen LogP contribution >= 0.6 is 0 Å². The summed E-state index contributed by atoms with van der Waals surface area (Å²) in [5.41, 5.74) is -3.97. The van der Waals surface area contributed by atoms with Crippen LogP contribution in [0.3, 0.4) is 0 Å². The fourth-order valence-electron chi connectivity index (χ4n) is 7.76. The minimum absolute atomic E-state index is 0.0559. The van der Waals surface area contributed by atoms with Gasteiger partial charge in [0, 0.05) is 28.8 Å². The van der Waals surface area contributed by atoms with E-state index in [2.05, 4.69) is 20.3 Å². The molecule has 2 aromatic rings. The third-order valence-electron chi connectivity index (χ3n) is 11.8. The van der Waals surface area contributed by atoms with E-state index in [-0.39, 0.29) is 25.3 Å². The Kier molecular flexibility index (Phi) is 10.4. The van der Waals surface area contributed by atoms with Gasteiger partial charge in [-0.1, -0.05) is 37.3 Å². The second kappa shape index (κ2) is 14.7. The van der Waals surface area contributed by atoms with Gasteiger partial charge in [0.05, 0.1) is 42.8 Å². The van der Waals surface area contributed by atoms with Crippen LogP contribution in [-0.4, -0.2) is 102 Å². The number of rotatable bonds is 9. The molecule has 2 bridgehead atoms. The first-order chi connectivity index (χ1) is 26.8. The van der Waals surface area contributed by atoms with Crippen molar-refractivity contribution in [3.05, 3.63) is 54.4 Å². The van der Waals surface area contributed by atoms with Crippen molar-refractivity contribution < 1.29 is 54.9 Å².